The summed E-state index contributed by atoms with van der Waals surface area (Å²) in [6, 6.07) is 12.9. The summed E-state index contributed by atoms with van der Waals surface area (Å²) in [7, 11) is 0. The van der Waals surface area contributed by atoms with E-state index in [2.05, 4.69) is 20.3 Å². The maximum absolute atomic E-state index is 6.10. The van der Waals surface area contributed by atoms with E-state index in [4.69, 9.17) is 33.7 Å². The maximum Gasteiger partial charge on any atom is 0.232 e. The first kappa shape index (κ1) is 17.3. The molecule has 2 aromatic carbocycles. The number of anilines is 3. The molecule has 1 heterocycles. The Morgan fingerprint density at radius 2 is 1.84 bits per heavy atom. The number of para-hydroxylation sites is 1. The topological polar surface area (TPSA) is 86.0 Å². The minimum absolute atomic E-state index is 0.0786. The summed E-state index contributed by atoms with van der Waals surface area (Å²) in [4.78, 5) is 12.5. The first-order chi connectivity index (χ1) is 12.0. The Morgan fingerprint density at radius 1 is 1.04 bits per heavy atom. The Kier molecular flexibility index (Phi) is 5.21. The quantitative estimate of drug-likeness (QED) is 0.687. The molecule has 0 spiro atoms. The van der Waals surface area contributed by atoms with Crippen molar-refractivity contribution in [3.8, 4) is 5.75 Å². The molecule has 0 amide bonds. The predicted octanol–water partition coefficient (Wildman–Crippen LogP) is 4.39. The van der Waals surface area contributed by atoms with E-state index in [9.17, 15) is 0 Å². The molecule has 0 unspecified atom stereocenters. The highest BCUT2D eigenvalue weighted by molar-refractivity contribution is 6.42. The second kappa shape index (κ2) is 7.55. The maximum atomic E-state index is 6.10. The molecule has 25 heavy (non-hydrogen) atoms. The molecule has 3 rings (SSSR count). The Hall–Kier alpha value is -2.57. The summed E-state index contributed by atoms with van der Waals surface area (Å²) in [6.07, 6.45) is 0. The molecular weight excluding hydrogens is 361 g/mol. The Labute approximate surface area is 155 Å². The Morgan fingerprint density at radius 3 is 2.64 bits per heavy atom. The van der Waals surface area contributed by atoms with Gasteiger partial charge >= 0.3 is 0 Å². The fraction of sp³-hybridized carbons (Fsp3) is 0.118. The summed E-state index contributed by atoms with van der Waals surface area (Å²) in [5, 5.41) is 3.88. The van der Waals surface area contributed by atoms with Crippen LogP contribution >= 0.6 is 23.2 Å². The van der Waals surface area contributed by atoms with Crippen LogP contribution in [0.1, 0.15) is 11.4 Å². The second-order valence-electron chi connectivity index (χ2n) is 5.21. The number of nitrogen functional groups attached to an aromatic ring is 1. The zero-order chi connectivity index (χ0) is 17.8. The number of rotatable bonds is 5. The highest BCUT2D eigenvalue weighted by atomic mass is 35.5. The number of aromatic nitrogens is 3. The van der Waals surface area contributed by atoms with E-state index in [0.29, 0.717) is 27.6 Å². The van der Waals surface area contributed by atoms with Crippen molar-refractivity contribution in [1.29, 1.82) is 0 Å². The van der Waals surface area contributed by atoms with Gasteiger partial charge in [0.25, 0.3) is 0 Å². The predicted molar refractivity (Wildman–Crippen MR) is 99.5 cm³/mol. The van der Waals surface area contributed by atoms with E-state index in [-0.39, 0.29) is 12.6 Å². The van der Waals surface area contributed by atoms with Gasteiger partial charge in [0, 0.05) is 5.69 Å². The average Bonchev–Trinajstić information content (AvgIpc) is 2.58. The summed E-state index contributed by atoms with van der Waals surface area (Å²) < 4.78 is 5.64. The standard InChI is InChI=1S/C17H15Cl2N5O/c1-10-5-2-3-7-12(10)21-17-23-14(22-16(20)24-17)9-25-13-8-4-6-11(18)15(13)19/h2-8H,9H2,1H3,(H3,20,21,22,23,24). The molecule has 3 aromatic rings. The minimum atomic E-state index is 0.0786. The molecule has 6 nitrogen and oxygen atoms in total. The van der Waals surface area contributed by atoms with E-state index in [1.807, 2.05) is 31.2 Å². The van der Waals surface area contributed by atoms with Gasteiger partial charge < -0.3 is 15.8 Å². The molecule has 0 fully saturated rings. The minimum Gasteiger partial charge on any atom is -0.484 e. The number of ether oxygens (including phenoxy) is 1. The van der Waals surface area contributed by atoms with Gasteiger partial charge in [-0.2, -0.15) is 15.0 Å². The normalized spacial score (nSPS) is 10.5. The third kappa shape index (κ3) is 4.29. The van der Waals surface area contributed by atoms with Crippen LogP contribution in [0.4, 0.5) is 17.6 Å². The van der Waals surface area contributed by atoms with Gasteiger partial charge in [-0.1, -0.05) is 47.5 Å². The molecule has 8 heteroatoms. The lowest BCUT2D eigenvalue weighted by Crippen LogP contribution is -2.09. The first-order valence-electron chi connectivity index (χ1n) is 7.43. The van der Waals surface area contributed by atoms with E-state index < -0.39 is 0 Å². The van der Waals surface area contributed by atoms with Crippen molar-refractivity contribution < 1.29 is 4.74 Å². The molecular formula is C17H15Cl2N5O. The van der Waals surface area contributed by atoms with Crippen LogP contribution in [0.15, 0.2) is 42.5 Å². The van der Waals surface area contributed by atoms with Crippen LogP contribution in [0.3, 0.4) is 0 Å². The van der Waals surface area contributed by atoms with Gasteiger partial charge in [-0.3, -0.25) is 0 Å². The fourth-order valence-corrected chi connectivity index (χ4v) is 2.48. The number of nitrogens with zero attached hydrogens (tertiary/aromatic N) is 3. The van der Waals surface area contributed by atoms with Gasteiger partial charge in [0.15, 0.2) is 5.82 Å². The number of nitrogens with one attached hydrogen (secondary N) is 1. The monoisotopic (exact) mass is 375 g/mol. The van der Waals surface area contributed by atoms with Gasteiger partial charge in [0.1, 0.15) is 17.4 Å². The van der Waals surface area contributed by atoms with E-state index in [1.54, 1.807) is 18.2 Å². The lowest BCUT2D eigenvalue weighted by molar-refractivity contribution is 0.296. The molecule has 0 radical (unpaired) electrons. The average molecular weight is 376 g/mol. The zero-order valence-electron chi connectivity index (χ0n) is 13.3. The lowest BCUT2D eigenvalue weighted by atomic mass is 10.2. The molecule has 128 valence electrons. The molecule has 0 saturated heterocycles. The molecule has 0 aliphatic rings. The van der Waals surface area contributed by atoms with Crippen LogP contribution in [0.5, 0.6) is 5.75 Å². The van der Waals surface area contributed by atoms with E-state index in [1.165, 1.54) is 0 Å². The van der Waals surface area contributed by atoms with Crippen LogP contribution in [0, 0.1) is 6.92 Å². The fourth-order valence-electron chi connectivity index (χ4n) is 2.13. The Balaban J connectivity index is 1.77. The van der Waals surface area contributed by atoms with Gasteiger partial charge in [0.2, 0.25) is 11.9 Å². The van der Waals surface area contributed by atoms with E-state index in [0.717, 1.165) is 11.3 Å². The molecule has 0 aliphatic carbocycles. The van der Waals surface area contributed by atoms with Gasteiger partial charge in [-0.05, 0) is 30.7 Å². The highest BCUT2D eigenvalue weighted by Gasteiger charge is 2.09. The zero-order valence-corrected chi connectivity index (χ0v) is 14.8. The number of halogens is 2. The van der Waals surface area contributed by atoms with Crippen LogP contribution in [0.25, 0.3) is 0 Å². The largest absolute Gasteiger partial charge is 0.484 e. The van der Waals surface area contributed by atoms with Crippen LogP contribution < -0.4 is 15.8 Å². The van der Waals surface area contributed by atoms with Crippen molar-refractivity contribution in [3.63, 3.8) is 0 Å². The van der Waals surface area contributed by atoms with Crippen molar-refractivity contribution in [3.05, 3.63) is 63.9 Å². The number of hydrogen-bond acceptors (Lipinski definition) is 6. The van der Waals surface area contributed by atoms with Gasteiger partial charge in [0.05, 0.1) is 5.02 Å². The lowest BCUT2D eigenvalue weighted by Gasteiger charge is -2.11. The summed E-state index contributed by atoms with van der Waals surface area (Å²) in [5.41, 5.74) is 7.72. The van der Waals surface area contributed by atoms with Crippen LogP contribution in [0.2, 0.25) is 10.0 Å². The van der Waals surface area contributed by atoms with Crippen molar-refractivity contribution in [2.45, 2.75) is 13.5 Å². The smallest absolute Gasteiger partial charge is 0.232 e. The third-order valence-electron chi connectivity index (χ3n) is 3.36. The third-order valence-corrected chi connectivity index (χ3v) is 4.17. The van der Waals surface area contributed by atoms with Gasteiger partial charge in [-0.15, -0.1) is 0 Å². The molecule has 0 bridgehead atoms. The summed E-state index contributed by atoms with van der Waals surface area (Å²) in [5.74, 6) is 1.26. The van der Waals surface area contributed by atoms with Gasteiger partial charge in [-0.25, -0.2) is 0 Å². The molecule has 1 aromatic heterocycles. The molecule has 3 N–H and O–H groups in total. The SMILES string of the molecule is Cc1ccccc1Nc1nc(N)nc(COc2cccc(Cl)c2Cl)n1. The van der Waals surface area contributed by atoms with Crippen molar-refractivity contribution >= 4 is 40.8 Å². The summed E-state index contributed by atoms with van der Waals surface area (Å²) in [6.45, 7) is 2.06. The number of hydrogen-bond donors (Lipinski definition) is 2. The van der Waals surface area contributed by atoms with Crippen LogP contribution in [-0.4, -0.2) is 15.0 Å². The molecule has 0 atom stereocenters. The number of nitrogens with two attached hydrogens (primary N) is 1. The number of aryl methyl sites for hydroxylation is 1. The molecule has 0 saturated carbocycles. The van der Waals surface area contributed by atoms with Crippen molar-refractivity contribution in [1.82, 2.24) is 15.0 Å². The Bertz CT molecular complexity index is 904. The van der Waals surface area contributed by atoms with Crippen molar-refractivity contribution in [2.24, 2.45) is 0 Å². The highest BCUT2D eigenvalue weighted by Crippen LogP contribution is 2.31. The second-order valence-corrected chi connectivity index (χ2v) is 6.00. The van der Waals surface area contributed by atoms with Crippen LogP contribution in [-0.2, 0) is 6.61 Å². The summed E-state index contributed by atoms with van der Waals surface area (Å²) >= 11 is 12.1. The van der Waals surface area contributed by atoms with E-state index >= 15 is 0 Å². The molecule has 0 aliphatic heterocycles. The first-order valence-corrected chi connectivity index (χ1v) is 8.18. The number of benzene rings is 2. The van der Waals surface area contributed by atoms with Crippen molar-refractivity contribution in [2.75, 3.05) is 11.1 Å².